The summed E-state index contributed by atoms with van der Waals surface area (Å²) < 4.78 is 5.19. The zero-order valence-corrected chi connectivity index (χ0v) is 12.3. The van der Waals surface area contributed by atoms with Crippen molar-refractivity contribution in [2.24, 2.45) is 5.92 Å². The number of nitrogens with zero attached hydrogens (tertiary/aromatic N) is 2. The van der Waals surface area contributed by atoms with Gasteiger partial charge >= 0.3 is 5.97 Å². The van der Waals surface area contributed by atoms with Crippen LogP contribution in [0, 0.1) is 17.2 Å². The van der Waals surface area contributed by atoms with Gasteiger partial charge in [-0.3, -0.25) is 9.69 Å². The number of carbonyl (C=O) groups is 1. The lowest BCUT2D eigenvalue weighted by Gasteiger charge is -2.26. The minimum absolute atomic E-state index is 0.0289. The van der Waals surface area contributed by atoms with Gasteiger partial charge in [-0.15, -0.1) is 0 Å². The number of likely N-dealkylation sites (tertiary alicyclic amines) is 1. The molecule has 1 fully saturated rings. The van der Waals surface area contributed by atoms with E-state index < -0.39 is 0 Å². The molecule has 4 heteroatoms. The third-order valence-corrected chi connectivity index (χ3v) is 3.86. The highest BCUT2D eigenvalue weighted by atomic mass is 16.5. The summed E-state index contributed by atoms with van der Waals surface area (Å²) in [7, 11) is 0. The molecule has 1 aliphatic rings. The fourth-order valence-corrected chi connectivity index (χ4v) is 2.82. The van der Waals surface area contributed by atoms with E-state index in [0.29, 0.717) is 13.0 Å². The van der Waals surface area contributed by atoms with Crippen LogP contribution < -0.4 is 0 Å². The summed E-state index contributed by atoms with van der Waals surface area (Å²) >= 11 is 0. The largest absolute Gasteiger partial charge is 0.464 e. The number of ether oxygens (including phenoxy) is 1. The summed E-state index contributed by atoms with van der Waals surface area (Å²) in [4.78, 5) is 13.3. The SMILES string of the molecule is C=C1CN(Cc2ccccc2)[C@H](COC(C)=O)[C@H]1CC#N. The molecule has 0 bridgehead atoms. The molecule has 1 aromatic rings. The van der Waals surface area contributed by atoms with Crippen molar-refractivity contribution in [1.82, 2.24) is 4.90 Å². The molecule has 0 aromatic heterocycles. The lowest BCUT2D eigenvalue weighted by molar-refractivity contribution is -0.142. The van der Waals surface area contributed by atoms with Crippen molar-refractivity contribution in [1.29, 1.82) is 5.26 Å². The monoisotopic (exact) mass is 284 g/mol. The van der Waals surface area contributed by atoms with Crippen LogP contribution in [-0.2, 0) is 16.1 Å². The molecule has 0 saturated carbocycles. The number of nitriles is 1. The molecule has 1 heterocycles. The van der Waals surface area contributed by atoms with Crippen LogP contribution in [0.5, 0.6) is 0 Å². The maximum absolute atomic E-state index is 11.1. The second-order valence-electron chi connectivity index (χ2n) is 5.39. The van der Waals surface area contributed by atoms with E-state index in [4.69, 9.17) is 10.00 Å². The average molecular weight is 284 g/mol. The fourth-order valence-electron chi connectivity index (χ4n) is 2.82. The summed E-state index contributed by atoms with van der Waals surface area (Å²) in [5.74, 6) is -0.221. The zero-order valence-electron chi connectivity index (χ0n) is 12.3. The molecule has 1 aromatic carbocycles. The Balaban J connectivity index is 2.12. The molecule has 2 atom stereocenters. The van der Waals surface area contributed by atoms with Crippen LogP contribution in [0.4, 0.5) is 0 Å². The first kappa shape index (κ1) is 15.3. The van der Waals surface area contributed by atoms with Crippen molar-refractivity contribution in [3.63, 3.8) is 0 Å². The summed E-state index contributed by atoms with van der Waals surface area (Å²) in [6.45, 7) is 7.33. The molecule has 0 unspecified atom stereocenters. The summed E-state index contributed by atoms with van der Waals surface area (Å²) in [6.07, 6.45) is 0.413. The van der Waals surface area contributed by atoms with Crippen LogP contribution in [0.3, 0.4) is 0 Å². The Bertz CT molecular complexity index is 548. The molecule has 110 valence electrons. The number of hydrogen-bond acceptors (Lipinski definition) is 4. The van der Waals surface area contributed by atoms with Gasteiger partial charge in [0.1, 0.15) is 6.61 Å². The first-order valence-corrected chi connectivity index (χ1v) is 7.07. The predicted octanol–water partition coefficient (Wildman–Crippen LogP) is 2.52. The van der Waals surface area contributed by atoms with Gasteiger partial charge in [0.05, 0.1) is 12.1 Å². The van der Waals surface area contributed by atoms with Crippen LogP contribution >= 0.6 is 0 Å². The molecule has 0 spiro atoms. The highest BCUT2D eigenvalue weighted by Crippen LogP contribution is 2.32. The highest BCUT2D eigenvalue weighted by molar-refractivity contribution is 5.65. The van der Waals surface area contributed by atoms with E-state index in [2.05, 4.69) is 29.7 Å². The van der Waals surface area contributed by atoms with Crippen LogP contribution in [0.1, 0.15) is 18.9 Å². The van der Waals surface area contributed by atoms with Crippen LogP contribution in [0.15, 0.2) is 42.5 Å². The highest BCUT2D eigenvalue weighted by Gasteiger charge is 2.37. The van der Waals surface area contributed by atoms with Crippen molar-refractivity contribution >= 4 is 5.97 Å². The Labute approximate surface area is 125 Å². The van der Waals surface area contributed by atoms with Gasteiger partial charge in [-0.05, 0) is 5.56 Å². The first-order chi connectivity index (χ1) is 10.1. The van der Waals surface area contributed by atoms with Gasteiger partial charge in [-0.25, -0.2) is 0 Å². The van der Waals surface area contributed by atoms with Crippen molar-refractivity contribution in [2.45, 2.75) is 25.9 Å². The molecule has 21 heavy (non-hydrogen) atoms. The van der Waals surface area contributed by atoms with Crippen molar-refractivity contribution in [3.05, 3.63) is 48.0 Å². The molecule has 1 aliphatic heterocycles. The molecule has 4 nitrogen and oxygen atoms in total. The van der Waals surface area contributed by atoms with E-state index in [1.165, 1.54) is 12.5 Å². The summed E-state index contributed by atoms with van der Waals surface area (Å²) in [5.41, 5.74) is 2.25. The Kier molecular flexibility index (Phi) is 5.13. The van der Waals surface area contributed by atoms with E-state index in [-0.39, 0.29) is 17.9 Å². The second-order valence-corrected chi connectivity index (χ2v) is 5.39. The van der Waals surface area contributed by atoms with Crippen LogP contribution in [-0.4, -0.2) is 30.1 Å². The van der Waals surface area contributed by atoms with Crippen molar-refractivity contribution < 1.29 is 9.53 Å². The van der Waals surface area contributed by atoms with Gasteiger partial charge in [0.25, 0.3) is 0 Å². The van der Waals surface area contributed by atoms with Crippen molar-refractivity contribution in [2.75, 3.05) is 13.2 Å². The molecular weight excluding hydrogens is 264 g/mol. The number of carbonyl (C=O) groups excluding carboxylic acids is 1. The lowest BCUT2D eigenvalue weighted by atomic mass is 9.94. The molecule has 0 radical (unpaired) electrons. The van der Waals surface area contributed by atoms with E-state index in [9.17, 15) is 4.79 Å². The predicted molar refractivity (Wildman–Crippen MR) is 80.1 cm³/mol. The number of esters is 1. The van der Waals surface area contributed by atoms with Gasteiger partial charge in [0.15, 0.2) is 0 Å². The minimum atomic E-state index is -0.289. The van der Waals surface area contributed by atoms with Gasteiger partial charge in [-0.1, -0.05) is 42.5 Å². The quantitative estimate of drug-likeness (QED) is 0.616. The summed E-state index contributed by atoms with van der Waals surface area (Å²) in [5, 5.41) is 9.00. The third-order valence-electron chi connectivity index (χ3n) is 3.86. The molecule has 0 aliphatic carbocycles. The standard InChI is InChI=1S/C17H20N2O2/c1-13-10-19(11-15-6-4-3-5-7-15)17(12-21-14(2)20)16(13)8-9-18/h3-7,16-17H,1,8,10-12H2,2H3/t16-,17+/m0/s1. The molecule has 0 N–H and O–H groups in total. The zero-order chi connectivity index (χ0) is 15.2. The van der Waals surface area contributed by atoms with E-state index >= 15 is 0 Å². The van der Waals surface area contributed by atoms with Gasteiger partial charge in [0, 0.05) is 32.4 Å². The summed E-state index contributed by atoms with van der Waals surface area (Å²) in [6, 6.07) is 12.4. The Hall–Kier alpha value is -2.12. The third kappa shape index (κ3) is 3.93. The van der Waals surface area contributed by atoms with E-state index in [0.717, 1.165) is 18.7 Å². The molecular formula is C17H20N2O2. The Morgan fingerprint density at radius 2 is 2.19 bits per heavy atom. The molecule has 2 rings (SSSR count). The normalized spacial score (nSPS) is 22.0. The topological polar surface area (TPSA) is 53.3 Å². The Morgan fingerprint density at radius 3 is 2.81 bits per heavy atom. The van der Waals surface area contributed by atoms with Gasteiger partial charge < -0.3 is 4.74 Å². The lowest BCUT2D eigenvalue weighted by Crippen LogP contribution is -2.36. The van der Waals surface area contributed by atoms with Gasteiger partial charge in [-0.2, -0.15) is 5.26 Å². The smallest absolute Gasteiger partial charge is 0.302 e. The van der Waals surface area contributed by atoms with E-state index in [1.807, 2.05) is 18.2 Å². The van der Waals surface area contributed by atoms with Crippen LogP contribution in [0.2, 0.25) is 0 Å². The number of rotatable bonds is 5. The maximum atomic E-state index is 11.1. The number of benzene rings is 1. The van der Waals surface area contributed by atoms with E-state index in [1.54, 1.807) is 0 Å². The first-order valence-electron chi connectivity index (χ1n) is 7.07. The maximum Gasteiger partial charge on any atom is 0.302 e. The average Bonchev–Trinajstić information content (AvgIpc) is 2.74. The van der Waals surface area contributed by atoms with Gasteiger partial charge in [0.2, 0.25) is 0 Å². The fraction of sp³-hybridized carbons (Fsp3) is 0.412. The van der Waals surface area contributed by atoms with Crippen LogP contribution in [0.25, 0.3) is 0 Å². The number of hydrogen-bond donors (Lipinski definition) is 0. The minimum Gasteiger partial charge on any atom is -0.464 e. The molecule has 1 saturated heterocycles. The Morgan fingerprint density at radius 1 is 1.48 bits per heavy atom. The second kappa shape index (κ2) is 7.05. The molecule has 0 amide bonds. The van der Waals surface area contributed by atoms with Crippen molar-refractivity contribution in [3.8, 4) is 6.07 Å².